The predicted octanol–water partition coefficient (Wildman–Crippen LogP) is 3.80. The molecule has 0 bridgehead atoms. The van der Waals surface area contributed by atoms with Gasteiger partial charge in [-0.2, -0.15) is 0 Å². The van der Waals surface area contributed by atoms with Gasteiger partial charge in [0.25, 0.3) is 0 Å². The summed E-state index contributed by atoms with van der Waals surface area (Å²) in [5.41, 5.74) is 1.91. The van der Waals surface area contributed by atoms with Crippen LogP contribution in [0.3, 0.4) is 0 Å². The smallest absolute Gasteiger partial charge is 0.344 e. The van der Waals surface area contributed by atoms with E-state index in [0.717, 1.165) is 0 Å². The lowest BCUT2D eigenvalue weighted by atomic mass is 10.2. The van der Waals surface area contributed by atoms with Gasteiger partial charge in [0, 0.05) is 12.3 Å². The summed E-state index contributed by atoms with van der Waals surface area (Å²) in [6.07, 6.45) is 0. The van der Waals surface area contributed by atoms with E-state index >= 15 is 0 Å². The summed E-state index contributed by atoms with van der Waals surface area (Å²) in [6, 6.07) is 7.18. The Morgan fingerprint density at radius 2 is 2.00 bits per heavy atom. The lowest BCUT2D eigenvalue weighted by Gasteiger charge is -2.20. The average molecular weight is 401 g/mol. The summed E-state index contributed by atoms with van der Waals surface area (Å²) in [7, 11) is 1.54. The van der Waals surface area contributed by atoms with Crippen molar-refractivity contribution < 1.29 is 23.6 Å². The van der Waals surface area contributed by atoms with E-state index < -0.39 is 5.97 Å². The third kappa shape index (κ3) is 3.89. The zero-order valence-electron chi connectivity index (χ0n) is 15.9. The minimum absolute atomic E-state index is 0.0307. The van der Waals surface area contributed by atoms with Gasteiger partial charge in [-0.05, 0) is 26.0 Å². The lowest BCUT2D eigenvalue weighted by Crippen LogP contribution is -2.23. The molecule has 1 aromatic carbocycles. The molecule has 28 heavy (non-hydrogen) atoms. The standard InChI is InChI=1S/C19H19N3O5S/c1-11-17(12(2)27-21-11)18(24)26-9-14-10-28-19(20-14)22(13(3)23)15-7-5-6-8-16(15)25-4/h5-8,10H,9H2,1-4H3. The van der Waals surface area contributed by atoms with Crippen molar-refractivity contribution >= 4 is 34.0 Å². The van der Waals surface area contributed by atoms with Crippen molar-refractivity contribution in [3.63, 3.8) is 0 Å². The van der Waals surface area contributed by atoms with Crippen molar-refractivity contribution in [3.8, 4) is 5.75 Å². The fourth-order valence-corrected chi connectivity index (χ4v) is 3.54. The molecule has 8 nitrogen and oxygen atoms in total. The largest absolute Gasteiger partial charge is 0.495 e. The number of para-hydroxylation sites is 2. The molecule has 0 saturated heterocycles. The Morgan fingerprint density at radius 1 is 1.25 bits per heavy atom. The van der Waals surface area contributed by atoms with Gasteiger partial charge in [-0.25, -0.2) is 9.78 Å². The molecule has 0 aliphatic rings. The van der Waals surface area contributed by atoms with Crippen LogP contribution in [0.2, 0.25) is 0 Å². The highest BCUT2D eigenvalue weighted by molar-refractivity contribution is 7.14. The first-order valence-electron chi connectivity index (χ1n) is 8.40. The Morgan fingerprint density at radius 3 is 2.64 bits per heavy atom. The van der Waals surface area contributed by atoms with Crippen molar-refractivity contribution in [2.24, 2.45) is 0 Å². The fourth-order valence-electron chi connectivity index (χ4n) is 2.67. The molecule has 0 unspecified atom stereocenters. The number of esters is 1. The Bertz CT molecular complexity index is 991. The maximum absolute atomic E-state index is 12.3. The van der Waals surface area contributed by atoms with Gasteiger partial charge in [0.05, 0.1) is 24.2 Å². The number of ether oxygens (including phenoxy) is 2. The molecule has 0 radical (unpaired) electrons. The van der Waals surface area contributed by atoms with Gasteiger partial charge in [0.2, 0.25) is 5.91 Å². The van der Waals surface area contributed by atoms with Crippen LogP contribution in [0.4, 0.5) is 10.8 Å². The molecule has 3 rings (SSSR count). The first kappa shape index (κ1) is 19.6. The number of methoxy groups -OCH3 is 1. The van der Waals surface area contributed by atoms with Gasteiger partial charge in [-0.3, -0.25) is 9.69 Å². The Labute approximate surface area is 165 Å². The van der Waals surface area contributed by atoms with Crippen LogP contribution in [0, 0.1) is 13.8 Å². The van der Waals surface area contributed by atoms with E-state index in [1.807, 2.05) is 12.1 Å². The number of nitrogens with zero attached hydrogens (tertiary/aromatic N) is 3. The van der Waals surface area contributed by atoms with E-state index in [1.54, 1.807) is 38.5 Å². The second kappa shape index (κ2) is 8.22. The SMILES string of the molecule is COc1ccccc1N(C(C)=O)c1nc(COC(=O)c2c(C)noc2C)cs1. The van der Waals surface area contributed by atoms with E-state index in [0.29, 0.717) is 39.3 Å². The number of amides is 1. The highest BCUT2D eigenvalue weighted by atomic mass is 32.1. The molecule has 2 heterocycles. The van der Waals surface area contributed by atoms with Gasteiger partial charge < -0.3 is 14.0 Å². The number of aromatic nitrogens is 2. The number of aryl methyl sites for hydroxylation is 2. The molecular weight excluding hydrogens is 382 g/mol. The first-order chi connectivity index (χ1) is 13.4. The van der Waals surface area contributed by atoms with Crippen LogP contribution < -0.4 is 9.64 Å². The van der Waals surface area contributed by atoms with E-state index in [9.17, 15) is 9.59 Å². The highest BCUT2D eigenvalue weighted by Crippen LogP contribution is 2.35. The summed E-state index contributed by atoms with van der Waals surface area (Å²) in [5.74, 6) is 0.219. The van der Waals surface area contributed by atoms with E-state index in [-0.39, 0.29) is 12.5 Å². The van der Waals surface area contributed by atoms with Crippen LogP contribution >= 0.6 is 11.3 Å². The molecule has 3 aromatic rings. The molecule has 0 N–H and O–H groups in total. The molecule has 146 valence electrons. The summed E-state index contributed by atoms with van der Waals surface area (Å²) in [6.45, 7) is 4.74. The first-order valence-corrected chi connectivity index (χ1v) is 9.28. The Kier molecular flexibility index (Phi) is 5.74. The molecule has 1 amide bonds. The van der Waals surface area contributed by atoms with Crippen LogP contribution in [-0.4, -0.2) is 29.1 Å². The Balaban J connectivity index is 1.78. The van der Waals surface area contributed by atoms with Crippen molar-refractivity contribution in [1.82, 2.24) is 10.1 Å². The summed E-state index contributed by atoms with van der Waals surface area (Å²) < 4.78 is 15.6. The minimum atomic E-state index is -0.529. The maximum atomic E-state index is 12.3. The zero-order valence-corrected chi connectivity index (χ0v) is 16.7. The fraction of sp³-hybridized carbons (Fsp3) is 0.263. The second-order valence-electron chi connectivity index (χ2n) is 5.92. The lowest BCUT2D eigenvalue weighted by molar-refractivity contribution is -0.115. The predicted molar refractivity (Wildman–Crippen MR) is 103 cm³/mol. The molecule has 0 spiro atoms. The third-order valence-corrected chi connectivity index (χ3v) is 4.84. The number of thiazole rings is 1. The maximum Gasteiger partial charge on any atom is 0.344 e. The van der Waals surface area contributed by atoms with E-state index in [1.165, 1.54) is 23.2 Å². The van der Waals surface area contributed by atoms with Crippen LogP contribution in [0.25, 0.3) is 0 Å². The van der Waals surface area contributed by atoms with Gasteiger partial charge in [0.1, 0.15) is 23.7 Å². The van der Waals surface area contributed by atoms with Crippen molar-refractivity contribution in [1.29, 1.82) is 0 Å². The summed E-state index contributed by atoms with van der Waals surface area (Å²) in [4.78, 5) is 30.4. The van der Waals surface area contributed by atoms with Gasteiger partial charge in [-0.15, -0.1) is 11.3 Å². The molecular formula is C19H19N3O5S. The highest BCUT2D eigenvalue weighted by Gasteiger charge is 2.22. The van der Waals surface area contributed by atoms with Crippen molar-refractivity contribution in [2.45, 2.75) is 27.4 Å². The quantitative estimate of drug-likeness (QED) is 0.580. The molecule has 0 saturated carbocycles. The molecule has 0 atom stereocenters. The number of carbonyl (C=O) groups is 2. The third-order valence-electron chi connectivity index (χ3n) is 3.96. The van der Waals surface area contributed by atoms with Crippen LogP contribution in [0.15, 0.2) is 34.2 Å². The summed E-state index contributed by atoms with van der Waals surface area (Å²) in [5, 5.41) is 5.94. The average Bonchev–Trinajstić information content (AvgIpc) is 3.26. The molecule has 0 aliphatic carbocycles. The number of carbonyl (C=O) groups excluding carboxylic acids is 2. The van der Waals surface area contributed by atoms with E-state index in [2.05, 4.69) is 10.1 Å². The molecule has 0 fully saturated rings. The van der Waals surface area contributed by atoms with Crippen molar-refractivity contribution in [2.75, 3.05) is 12.0 Å². The van der Waals surface area contributed by atoms with Gasteiger partial charge in [-0.1, -0.05) is 17.3 Å². The van der Waals surface area contributed by atoms with Gasteiger partial charge in [0.15, 0.2) is 5.13 Å². The zero-order chi connectivity index (χ0) is 20.3. The number of benzene rings is 1. The number of hydrogen-bond donors (Lipinski definition) is 0. The minimum Gasteiger partial charge on any atom is -0.495 e. The van der Waals surface area contributed by atoms with Crippen LogP contribution in [-0.2, 0) is 16.1 Å². The molecule has 2 aromatic heterocycles. The molecule has 0 aliphatic heterocycles. The summed E-state index contributed by atoms with van der Waals surface area (Å²) >= 11 is 1.27. The van der Waals surface area contributed by atoms with E-state index in [4.69, 9.17) is 14.0 Å². The second-order valence-corrected chi connectivity index (χ2v) is 6.76. The molecule has 9 heteroatoms. The topological polar surface area (TPSA) is 94.8 Å². The van der Waals surface area contributed by atoms with Crippen LogP contribution in [0.5, 0.6) is 5.75 Å². The normalized spacial score (nSPS) is 10.6. The number of rotatable bonds is 6. The number of anilines is 2. The van der Waals surface area contributed by atoms with Crippen molar-refractivity contribution in [3.05, 3.63) is 52.4 Å². The van der Waals surface area contributed by atoms with Gasteiger partial charge >= 0.3 is 5.97 Å². The monoisotopic (exact) mass is 401 g/mol. The van der Waals surface area contributed by atoms with Crippen LogP contribution in [0.1, 0.15) is 34.4 Å². The number of hydrogen-bond acceptors (Lipinski definition) is 8. The Hall–Kier alpha value is -3.20.